The van der Waals surface area contributed by atoms with Crippen molar-refractivity contribution in [3.63, 3.8) is 0 Å². The predicted molar refractivity (Wildman–Crippen MR) is 57.4 cm³/mol. The van der Waals surface area contributed by atoms with Crippen LogP contribution in [0.4, 0.5) is 0 Å². The molecule has 82 valence electrons. The molecule has 0 bridgehead atoms. The van der Waals surface area contributed by atoms with Crippen LogP contribution in [0.25, 0.3) is 0 Å². The van der Waals surface area contributed by atoms with Crippen LogP contribution in [0.15, 0.2) is 24.5 Å². The molecule has 1 aromatic rings. The average Bonchev–Trinajstić information content (AvgIpc) is 2.17. The molecule has 2 rings (SSSR count). The summed E-state index contributed by atoms with van der Waals surface area (Å²) in [5.74, 6) is 0.532. The molecule has 15 heavy (non-hydrogen) atoms. The van der Waals surface area contributed by atoms with Crippen molar-refractivity contribution in [2.75, 3.05) is 0 Å². The van der Waals surface area contributed by atoms with E-state index in [-0.39, 0.29) is 0 Å². The van der Waals surface area contributed by atoms with Crippen LogP contribution in [0, 0.1) is 5.21 Å². The molecule has 1 aromatic heterocycles. The van der Waals surface area contributed by atoms with Crippen molar-refractivity contribution in [1.29, 1.82) is 0 Å². The lowest BCUT2D eigenvalue weighted by Gasteiger charge is -2.32. The molecule has 3 heteroatoms. The summed E-state index contributed by atoms with van der Waals surface area (Å²) in [4.78, 5) is 0. The van der Waals surface area contributed by atoms with Crippen LogP contribution in [-0.2, 0) is 4.74 Å². The van der Waals surface area contributed by atoms with Crippen LogP contribution in [0.1, 0.15) is 38.2 Å². The fourth-order valence-electron chi connectivity index (χ4n) is 2.37. The summed E-state index contributed by atoms with van der Waals surface area (Å²) in [5.41, 5.74) is 1.25. The molecule has 3 nitrogen and oxygen atoms in total. The molecule has 0 amide bonds. The van der Waals surface area contributed by atoms with Gasteiger partial charge in [0, 0.05) is 12.1 Å². The second kappa shape index (κ2) is 4.19. The monoisotopic (exact) mass is 207 g/mol. The largest absolute Gasteiger partial charge is 0.619 e. The normalized spacial score (nSPS) is 31.5. The molecule has 0 N–H and O–H groups in total. The van der Waals surface area contributed by atoms with E-state index in [0.29, 0.717) is 18.1 Å². The van der Waals surface area contributed by atoms with Crippen LogP contribution in [0.2, 0.25) is 0 Å². The van der Waals surface area contributed by atoms with Crippen molar-refractivity contribution >= 4 is 0 Å². The highest BCUT2D eigenvalue weighted by Crippen LogP contribution is 2.32. The van der Waals surface area contributed by atoms with Crippen molar-refractivity contribution < 1.29 is 9.47 Å². The van der Waals surface area contributed by atoms with Gasteiger partial charge in [0.1, 0.15) is 0 Å². The van der Waals surface area contributed by atoms with Gasteiger partial charge in [0.05, 0.1) is 12.2 Å². The summed E-state index contributed by atoms with van der Waals surface area (Å²) in [7, 11) is 0. The Kier molecular flexibility index (Phi) is 2.91. The van der Waals surface area contributed by atoms with Crippen molar-refractivity contribution in [3.8, 4) is 0 Å². The van der Waals surface area contributed by atoms with Gasteiger partial charge in [-0.2, -0.15) is 4.73 Å². The van der Waals surface area contributed by atoms with Crippen molar-refractivity contribution in [1.82, 2.24) is 0 Å². The first-order valence-electron chi connectivity index (χ1n) is 5.49. The van der Waals surface area contributed by atoms with E-state index in [1.807, 2.05) is 12.1 Å². The molecule has 1 unspecified atom stereocenters. The molecule has 1 saturated heterocycles. The lowest BCUT2D eigenvalue weighted by atomic mass is 9.87. The Morgan fingerprint density at radius 3 is 2.27 bits per heavy atom. The van der Waals surface area contributed by atoms with Gasteiger partial charge in [-0.05, 0) is 38.2 Å². The minimum Gasteiger partial charge on any atom is -0.619 e. The van der Waals surface area contributed by atoms with Crippen molar-refractivity contribution in [2.24, 2.45) is 0 Å². The van der Waals surface area contributed by atoms with Gasteiger partial charge in [-0.15, -0.1) is 0 Å². The topological polar surface area (TPSA) is 36.2 Å². The molecule has 1 aliphatic rings. The van der Waals surface area contributed by atoms with Gasteiger partial charge < -0.3 is 9.94 Å². The molecule has 0 saturated carbocycles. The number of aromatic nitrogens is 1. The summed E-state index contributed by atoms with van der Waals surface area (Å²) in [5, 5.41) is 10.9. The molecule has 0 spiro atoms. The zero-order chi connectivity index (χ0) is 10.8. The highest BCUT2D eigenvalue weighted by molar-refractivity contribution is 5.15. The van der Waals surface area contributed by atoms with E-state index in [4.69, 9.17) is 4.74 Å². The fraction of sp³-hybridized carbons (Fsp3) is 0.583. The zero-order valence-corrected chi connectivity index (χ0v) is 9.22. The maximum atomic E-state index is 10.9. The van der Waals surface area contributed by atoms with Crippen molar-refractivity contribution in [3.05, 3.63) is 35.3 Å². The van der Waals surface area contributed by atoms with Gasteiger partial charge in [-0.3, -0.25) is 0 Å². The maximum absolute atomic E-state index is 10.9. The van der Waals surface area contributed by atoms with E-state index in [9.17, 15) is 5.21 Å². The number of hydrogen-bond acceptors (Lipinski definition) is 2. The smallest absolute Gasteiger partial charge is 0.180 e. The summed E-state index contributed by atoms with van der Waals surface area (Å²) in [6.07, 6.45) is 5.87. The molecule has 1 fully saturated rings. The molecule has 1 aliphatic heterocycles. The Morgan fingerprint density at radius 1 is 1.20 bits per heavy atom. The van der Waals surface area contributed by atoms with Gasteiger partial charge in [0.25, 0.3) is 0 Å². The molecular formula is C12H17NO2. The van der Waals surface area contributed by atoms with Gasteiger partial charge >= 0.3 is 0 Å². The third-order valence-electron chi connectivity index (χ3n) is 3.00. The second-order valence-electron chi connectivity index (χ2n) is 4.42. The highest BCUT2D eigenvalue weighted by Gasteiger charge is 2.25. The predicted octanol–water partition coefficient (Wildman–Crippen LogP) is 1.99. The Labute approximate surface area is 90.3 Å². The van der Waals surface area contributed by atoms with Crippen LogP contribution in [0.3, 0.4) is 0 Å². The SMILES string of the molecule is C[C@@H]1CC(c2cc[n+]([O-])cc2)C[C@H](C)O1. The third kappa shape index (κ3) is 2.48. The Hall–Kier alpha value is -1.09. The van der Waals surface area contributed by atoms with Crippen molar-refractivity contribution in [2.45, 2.75) is 44.8 Å². The number of ether oxygens (including phenoxy) is 1. The van der Waals surface area contributed by atoms with Gasteiger partial charge in [0.2, 0.25) is 0 Å². The molecule has 2 heterocycles. The molecular weight excluding hydrogens is 190 g/mol. The third-order valence-corrected chi connectivity index (χ3v) is 3.00. The molecule has 0 aromatic carbocycles. The van der Waals surface area contributed by atoms with Crippen LogP contribution in [-0.4, -0.2) is 12.2 Å². The second-order valence-corrected chi connectivity index (χ2v) is 4.42. The first kappa shape index (κ1) is 10.4. The Bertz CT molecular complexity index is 313. The number of nitrogens with zero attached hydrogens (tertiary/aromatic N) is 1. The van der Waals surface area contributed by atoms with Crippen LogP contribution in [0.5, 0.6) is 0 Å². The lowest BCUT2D eigenvalue weighted by Crippen LogP contribution is -2.29. The number of pyridine rings is 1. The summed E-state index contributed by atoms with van der Waals surface area (Å²) in [6, 6.07) is 3.84. The summed E-state index contributed by atoms with van der Waals surface area (Å²) >= 11 is 0. The van der Waals surface area contributed by atoms with E-state index in [0.717, 1.165) is 17.6 Å². The van der Waals surface area contributed by atoms with E-state index in [1.165, 1.54) is 5.56 Å². The average molecular weight is 207 g/mol. The quantitative estimate of drug-likeness (QED) is 0.521. The molecule has 0 aliphatic carbocycles. The standard InChI is InChI=1S/C12H17NO2/c1-9-7-12(8-10(2)15-9)11-3-5-13(14)6-4-11/h3-6,9-10,12H,7-8H2,1-2H3/t9-,10+,12?. The van der Waals surface area contributed by atoms with Crippen LogP contribution < -0.4 is 4.73 Å². The van der Waals surface area contributed by atoms with Gasteiger partial charge in [0.15, 0.2) is 12.4 Å². The number of rotatable bonds is 1. The van der Waals surface area contributed by atoms with E-state index in [2.05, 4.69) is 13.8 Å². The van der Waals surface area contributed by atoms with Gasteiger partial charge in [-0.1, -0.05) is 0 Å². The molecule has 0 radical (unpaired) electrons. The fourth-order valence-corrected chi connectivity index (χ4v) is 2.37. The summed E-state index contributed by atoms with van der Waals surface area (Å²) in [6.45, 7) is 4.22. The minimum absolute atomic E-state index is 0.318. The van der Waals surface area contributed by atoms with Crippen LogP contribution >= 0.6 is 0 Å². The molecule has 3 atom stereocenters. The Balaban J connectivity index is 2.12. The minimum atomic E-state index is 0.318. The first-order valence-corrected chi connectivity index (χ1v) is 5.49. The van der Waals surface area contributed by atoms with Gasteiger partial charge in [-0.25, -0.2) is 0 Å². The van der Waals surface area contributed by atoms with E-state index < -0.39 is 0 Å². The highest BCUT2D eigenvalue weighted by atomic mass is 16.5. The maximum Gasteiger partial charge on any atom is 0.180 e. The van der Waals surface area contributed by atoms with E-state index >= 15 is 0 Å². The van der Waals surface area contributed by atoms with E-state index in [1.54, 1.807) is 12.4 Å². The number of hydrogen-bond donors (Lipinski definition) is 0. The first-order chi connectivity index (χ1) is 7.15. The zero-order valence-electron chi connectivity index (χ0n) is 9.22. The lowest BCUT2D eigenvalue weighted by molar-refractivity contribution is -0.605. The summed E-state index contributed by atoms with van der Waals surface area (Å²) < 4.78 is 6.52. The Morgan fingerprint density at radius 2 is 1.73 bits per heavy atom.